The molecule has 0 spiro atoms. The number of aromatic nitrogens is 2. The van der Waals surface area contributed by atoms with Gasteiger partial charge in [-0.15, -0.1) is 0 Å². The van der Waals surface area contributed by atoms with E-state index in [0.717, 1.165) is 5.69 Å². The molecule has 5 nitrogen and oxygen atoms in total. The fourth-order valence-electron chi connectivity index (χ4n) is 0.892. The zero-order valence-corrected chi connectivity index (χ0v) is 8.15. The quantitative estimate of drug-likeness (QED) is 0.326. The number of hydrogen-bond donors (Lipinski definition) is 1. The van der Waals surface area contributed by atoms with Crippen LogP contribution in [0.15, 0.2) is 12.4 Å². The van der Waals surface area contributed by atoms with E-state index in [1.54, 1.807) is 19.3 Å². The van der Waals surface area contributed by atoms with Gasteiger partial charge in [-0.25, -0.2) is 0 Å². The molecule has 72 valence electrons. The highest BCUT2D eigenvalue weighted by atomic mass is 15.2. The molecular formula is C9H11N5. The van der Waals surface area contributed by atoms with Gasteiger partial charge in [0.05, 0.1) is 24.1 Å². The van der Waals surface area contributed by atoms with Crippen molar-refractivity contribution in [3.63, 3.8) is 0 Å². The molecule has 0 amide bonds. The minimum atomic E-state index is 0.204. The standard InChI is InChI=1S/C9H11N5/c1-7-3-13-9(4-12-7)5-14(6-10)8(2)11/h3-4,11H,5H2,1-2H3. The second kappa shape index (κ2) is 4.33. The Balaban J connectivity index is 2.74. The number of rotatable bonds is 2. The number of aryl methyl sites for hydroxylation is 1. The van der Waals surface area contributed by atoms with Crippen LogP contribution in [-0.2, 0) is 6.54 Å². The molecule has 0 unspecified atom stereocenters. The normalized spacial score (nSPS) is 9.21. The molecule has 1 aromatic rings. The smallest absolute Gasteiger partial charge is 0.185 e. The predicted octanol–water partition coefficient (Wildman–Crippen LogP) is 1.07. The summed E-state index contributed by atoms with van der Waals surface area (Å²) in [7, 11) is 0. The zero-order valence-electron chi connectivity index (χ0n) is 8.15. The fraction of sp³-hybridized carbons (Fsp3) is 0.333. The lowest BCUT2D eigenvalue weighted by molar-refractivity contribution is 0.551. The summed E-state index contributed by atoms with van der Waals surface area (Å²) in [5, 5.41) is 16.0. The average molecular weight is 189 g/mol. The maximum atomic E-state index is 8.70. The highest BCUT2D eigenvalue weighted by Crippen LogP contribution is 2.00. The largest absolute Gasteiger partial charge is 0.288 e. The molecule has 5 heteroatoms. The number of nitrogens with one attached hydrogen (secondary N) is 1. The molecule has 0 saturated carbocycles. The summed E-state index contributed by atoms with van der Waals surface area (Å²) in [5.74, 6) is 0.204. The Labute approximate surface area is 82.5 Å². The lowest BCUT2D eigenvalue weighted by atomic mass is 10.4. The number of hydrogen-bond acceptors (Lipinski definition) is 4. The Morgan fingerprint density at radius 3 is 2.71 bits per heavy atom. The fourth-order valence-corrected chi connectivity index (χ4v) is 0.892. The SMILES string of the molecule is CC(=N)N(C#N)Cc1cnc(C)cn1. The third-order valence-electron chi connectivity index (χ3n) is 1.68. The van der Waals surface area contributed by atoms with Gasteiger partial charge in [0.1, 0.15) is 5.84 Å². The van der Waals surface area contributed by atoms with Crippen molar-refractivity contribution in [2.24, 2.45) is 0 Å². The van der Waals surface area contributed by atoms with Gasteiger partial charge in [0.25, 0.3) is 0 Å². The predicted molar refractivity (Wildman–Crippen MR) is 51.3 cm³/mol. The number of amidine groups is 1. The van der Waals surface area contributed by atoms with Crippen LogP contribution in [0.5, 0.6) is 0 Å². The van der Waals surface area contributed by atoms with Crippen molar-refractivity contribution in [3.05, 3.63) is 23.8 Å². The molecule has 0 aliphatic rings. The van der Waals surface area contributed by atoms with Crippen LogP contribution in [0.4, 0.5) is 0 Å². The van der Waals surface area contributed by atoms with Gasteiger partial charge in [-0.3, -0.25) is 20.3 Å². The van der Waals surface area contributed by atoms with Gasteiger partial charge < -0.3 is 0 Å². The molecule has 1 N–H and O–H groups in total. The Morgan fingerprint density at radius 1 is 1.57 bits per heavy atom. The van der Waals surface area contributed by atoms with E-state index in [2.05, 4.69) is 9.97 Å². The molecule has 1 aromatic heterocycles. The third-order valence-corrected chi connectivity index (χ3v) is 1.68. The van der Waals surface area contributed by atoms with Gasteiger partial charge in [-0.1, -0.05) is 0 Å². The summed E-state index contributed by atoms with van der Waals surface area (Å²) in [6, 6.07) is 0. The van der Waals surface area contributed by atoms with Crippen LogP contribution in [0.3, 0.4) is 0 Å². The van der Waals surface area contributed by atoms with Crippen LogP contribution in [0.25, 0.3) is 0 Å². The van der Waals surface area contributed by atoms with E-state index >= 15 is 0 Å². The Kier molecular flexibility index (Phi) is 3.13. The van der Waals surface area contributed by atoms with Crippen molar-refractivity contribution in [3.8, 4) is 6.19 Å². The first-order valence-corrected chi connectivity index (χ1v) is 4.13. The van der Waals surface area contributed by atoms with Crippen LogP contribution in [-0.4, -0.2) is 20.7 Å². The maximum Gasteiger partial charge on any atom is 0.185 e. The van der Waals surface area contributed by atoms with Gasteiger partial charge in [0.2, 0.25) is 0 Å². The molecule has 0 saturated heterocycles. The Hall–Kier alpha value is -1.96. The van der Waals surface area contributed by atoms with E-state index < -0.39 is 0 Å². The molecular weight excluding hydrogens is 178 g/mol. The summed E-state index contributed by atoms with van der Waals surface area (Å²) in [5.41, 5.74) is 1.52. The molecule has 0 fully saturated rings. The maximum absolute atomic E-state index is 8.70. The molecule has 0 aromatic carbocycles. The topological polar surface area (TPSA) is 76.7 Å². The van der Waals surface area contributed by atoms with E-state index in [1.807, 2.05) is 13.1 Å². The van der Waals surface area contributed by atoms with Gasteiger partial charge in [-0.05, 0) is 13.8 Å². The molecule has 0 atom stereocenters. The summed E-state index contributed by atoms with van der Waals surface area (Å²) < 4.78 is 0. The van der Waals surface area contributed by atoms with Crippen LogP contribution >= 0.6 is 0 Å². The minimum Gasteiger partial charge on any atom is -0.288 e. The Morgan fingerprint density at radius 2 is 2.29 bits per heavy atom. The summed E-state index contributed by atoms with van der Waals surface area (Å²) >= 11 is 0. The van der Waals surface area contributed by atoms with Gasteiger partial charge in [0, 0.05) is 6.20 Å². The van der Waals surface area contributed by atoms with Gasteiger partial charge in [-0.2, -0.15) is 5.26 Å². The summed E-state index contributed by atoms with van der Waals surface area (Å²) in [6.07, 6.45) is 5.16. The molecule has 0 aliphatic heterocycles. The Bertz CT molecular complexity index is 362. The summed E-state index contributed by atoms with van der Waals surface area (Å²) in [6.45, 7) is 3.71. The average Bonchev–Trinajstić information content (AvgIpc) is 2.16. The van der Waals surface area contributed by atoms with Crippen LogP contribution in [0.2, 0.25) is 0 Å². The van der Waals surface area contributed by atoms with E-state index in [-0.39, 0.29) is 5.84 Å². The van der Waals surface area contributed by atoms with Crippen molar-refractivity contribution in [2.45, 2.75) is 20.4 Å². The van der Waals surface area contributed by atoms with Crippen molar-refractivity contribution < 1.29 is 0 Å². The first kappa shape index (κ1) is 10.1. The van der Waals surface area contributed by atoms with E-state index in [4.69, 9.17) is 10.7 Å². The van der Waals surface area contributed by atoms with Crippen molar-refractivity contribution in [1.29, 1.82) is 10.7 Å². The van der Waals surface area contributed by atoms with Crippen LogP contribution in [0.1, 0.15) is 18.3 Å². The van der Waals surface area contributed by atoms with Crippen LogP contribution in [0, 0.1) is 23.8 Å². The zero-order chi connectivity index (χ0) is 10.6. The van der Waals surface area contributed by atoms with E-state index in [0.29, 0.717) is 12.2 Å². The number of nitrogens with zero attached hydrogens (tertiary/aromatic N) is 4. The molecule has 0 bridgehead atoms. The lowest BCUT2D eigenvalue weighted by Gasteiger charge is -2.12. The molecule has 1 heterocycles. The first-order chi connectivity index (χ1) is 6.63. The highest BCUT2D eigenvalue weighted by molar-refractivity contribution is 5.77. The highest BCUT2D eigenvalue weighted by Gasteiger charge is 2.05. The molecule has 14 heavy (non-hydrogen) atoms. The second-order valence-electron chi connectivity index (χ2n) is 2.92. The van der Waals surface area contributed by atoms with Crippen molar-refractivity contribution >= 4 is 5.84 Å². The van der Waals surface area contributed by atoms with Crippen LogP contribution < -0.4 is 0 Å². The molecule has 0 radical (unpaired) electrons. The first-order valence-electron chi connectivity index (χ1n) is 4.13. The molecule has 1 rings (SSSR count). The van der Waals surface area contributed by atoms with E-state index in [9.17, 15) is 0 Å². The van der Waals surface area contributed by atoms with Gasteiger partial charge in [0.15, 0.2) is 6.19 Å². The monoisotopic (exact) mass is 189 g/mol. The van der Waals surface area contributed by atoms with Crippen molar-refractivity contribution in [2.75, 3.05) is 0 Å². The van der Waals surface area contributed by atoms with E-state index in [1.165, 1.54) is 4.90 Å². The summed E-state index contributed by atoms with van der Waals surface area (Å²) in [4.78, 5) is 9.40. The number of nitriles is 1. The molecule has 0 aliphatic carbocycles. The lowest BCUT2D eigenvalue weighted by Crippen LogP contribution is -2.22. The van der Waals surface area contributed by atoms with Gasteiger partial charge >= 0.3 is 0 Å². The second-order valence-corrected chi connectivity index (χ2v) is 2.92. The third kappa shape index (κ3) is 2.52. The minimum absolute atomic E-state index is 0.204. The van der Waals surface area contributed by atoms with Crippen molar-refractivity contribution in [1.82, 2.24) is 14.9 Å².